The minimum atomic E-state index is -3.22. The van der Waals surface area contributed by atoms with Crippen molar-refractivity contribution in [1.29, 1.82) is 0 Å². The number of hydrogen-bond donors (Lipinski definition) is 2. The lowest BCUT2D eigenvalue weighted by Crippen LogP contribution is -2.44. The third kappa shape index (κ3) is 4.91. The molecule has 0 bridgehead atoms. The lowest BCUT2D eigenvalue weighted by Gasteiger charge is -2.36. The number of nitrogens with one attached hydrogen (secondary N) is 1. The zero-order valence-corrected chi connectivity index (χ0v) is 11.4. The molecule has 0 heterocycles. The molecule has 1 rings (SSSR count). The average Bonchev–Trinajstić information content (AvgIpc) is 2.35. The van der Waals surface area contributed by atoms with Crippen LogP contribution in [0.3, 0.4) is 0 Å². The van der Waals surface area contributed by atoms with Crippen LogP contribution < -0.4 is 10.5 Å². The smallest absolute Gasteiger partial charge is 0.213 e. The second-order valence-electron chi connectivity index (χ2n) is 4.90. The third-order valence-corrected chi connectivity index (χ3v) is 4.86. The second kappa shape index (κ2) is 6.68. The van der Waals surface area contributed by atoms with Gasteiger partial charge >= 0.3 is 0 Å². The Morgan fingerprint density at radius 1 is 1.29 bits per heavy atom. The van der Waals surface area contributed by atoms with E-state index in [9.17, 15) is 8.42 Å². The first-order valence-corrected chi connectivity index (χ1v) is 7.85. The largest absolute Gasteiger partial charge is 0.384 e. The molecule has 0 aliphatic heterocycles. The van der Waals surface area contributed by atoms with Gasteiger partial charge in [0.15, 0.2) is 0 Å². The van der Waals surface area contributed by atoms with Crippen molar-refractivity contribution in [2.45, 2.75) is 32.1 Å². The van der Waals surface area contributed by atoms with Gasteiger partial charge in [0.05, 0.1) is 12.4 Å². The maximum Gasteiger partial charge on any atom is 0.213 e. The van der Waals surface area contributed by atoms with Crippen LogP contribution in [0.2, 0.25) is 0 Å². The molecule has 1 aliphatic carbocycles. The first kappa shape index (κ1) is 14.9. The molecular formula is C11H24N2O3S. The van der Waals surface area contributed by atoms with Crippen molar-refractivity contribution in [1.82, 2.24) is 4.72 Å². The number of sulfonamides is 1. The number of rotatable bonds is 7. The summed E-state index contributed by atoms with van der Waals surface area (Å²) in [6.45, 7) is 1.25. The number of methoxy groups -OCH3 is 1. The average molecular weight is 264 g/mol. The molecule has 0 aromatic heterocycles. The number of nitrogens with two attached hydrogens (primary N) is 1. The summed E-state index contributed by atoms with van der Waals surface area (Å²) in [5.74, 6) is 0.0180. The first-order chi connectivity index (χ1) is 8.04. The van der Waals surface area contributed by atoms with Crippen LogP contribution in [-0.4, -0.2) is 41.0 Å². The molecule has 0 aromatic carbocycles. The van der Waals surface area contributed by atoms with E-state index in [2.05, 4.69) is 4.72 Å². The molecule has 17 heavy (non-hydrogen) atoms. The highest BCUT2D eigenvalue weighted by atomic mass is 32.2. The van der Waals surface area contributed by atoms with Gasteiger partial charge in [-0.1, -0.05) is 19.3 Å². The Kier molecular flexibility index (Phi) is 5.85. The van der Waals surface area contributed by atoms with E-state index in [0.29, 0.717) is 13.1 Å². The molecule has 5 nitrogen and oxygen atoms in total. The van der Waals surface area contributed by atoms with Gasteiger partial charge in [0.1, 0.15) is 0 Å². The molecule has 0 unspecified atom stereocenters. The lowest BCUT2D eigenvalue weighted by atomic mass is 9.74. The Balaban J connectivity index is 2.46. The maximum absolute atomic E-state index is 11.7. The van der Waals surface area contributed by atoms with Gasteiger partial charge in [0.25, 0.3) is 0 Å². The zero-order valence-electron chi connectivity index (χ0n) is 10.6. The van der Waals surface area contributed by atoms with Gasteiger partial charge in [0.2, 0.25) is 10.0 Å². The summed E-state index contributed by atoms with van der Waals surface area (Å²) in [6, 6.07) is 0. The van der Waals surface area contributed by atoms with Crippen molar-refractivity contribution in [3.05, 3.63) is 0 Å². The molecule has 102 valence electrons. The molecular weight excluding hydrogens is 240 g/mol. The summed E-state index contributed by atoms with van der Waals surface area (Å²) in [6.07, 6.45) is 5.58. The normalized spacial score (nSPS) is 20.4. The molecule has 3 N–H and O–H groups in total. The van der Waals surface area contributed by atoms with E-state index in [1.807, 2.05) is 0 Å². The van der Waals surface area contributed by atoms with Gasteiger partial charge in [-0.3, -0.25) is 0 Å². The Labute approximate surface area is 104 Å². The van der Waals surface area contributed by atoms with Crippen LogP contribution in [0.25, 0.3) is 0 Å². The molecule has 1 saturated carbocycles. The third-order valence-electron chi connectivity index (χ3n) is 3.57. The fourth-order valence-electron chi connectivity index (χ4n) is 2.28. The molecule has 6 heteroatoms. The highest BCUT2D eigenvalue weighted by molar-refractivity contribution is 7.89. The molecule has 1 fully saturated rings. The summed E-state index contributed by atoms with van der Waals surface area (Å²) < 4.78 is 30.8. The van der Waals surface area contributed by atoms with E-state index in [0.717, 1.165) is 25.7 Å². The van der Waals surface area contributed by atoms with Crippen molar-refractivity contribution in [2.75, 3.05) is 32.6 Å². The number of ether oxygens (including phenoxy) is 1. The van der Waals surface area contributed by atoms with Gasteiger partial charge in [-0.05, 0) is 24.8 Å². The van der Waals surface area contributed by atoms with E-state index in [4.69, 9.17) is 10.5 Å². The SMILES string of the molecule is COCCS(=O)(=O)NCC1(CN)CCCCC1. The Morgan fingerprint density at radius 3 is 2.47 bits per heavy atom. The van der Waals surface area contributed by atoms with Crippen molar-refractivity contribution in [3.63, 3.8) is 0 Å². The van der Waals surface area contributed by atoms with Crippen LogP contribution in [0.5, 0.6) is 0 Å². The van der Waals surface area contributed by atoms with Gasteiger partial charge in [0, 0.05) is 13.7 Å². The van der Waals surface area contributed by atoms with Crippen LogP contribution in [0.15, 0.2) is 0 Å². The molecule has 0 aromatic rings. The topological polar surface area (TPSA) is 81.4 Å². The van der Waals surface area contributed by atoms with Gasteiger partial charge in [-0.25, -0.2) is 13.1 Å². The van der Waals surface area contributed by atoms with E-state index >= 15 is 0 Å². The summed E-state index contributed by atoms with van der Waals surface area (Å²) in [5, 5.41) is 0. The van der Waals surface area contributed by atoms with Crippen LogP contribution >= 0.6 is 0 Å². The quantitative estimate of drug-likeness (QED) is 0.700. The fourth-order valence-corrected chi connectivity index (χ4v) is 3.34. The summed E-state index contributed by atoms with van der Waals surface area (Å²) in [4.78, 5) is 0. The standard InChI is InChI=1S/C11H24N2O3S/c1-16-7-8-17(14,15)13-10-11(9-12)5-3-2-4-6-11/h13H,2-10,12H2,1H3. The number of hydrogen-bond acceptors (Lipinski definition) is 4. The van der Waals surface area contributed by atoms with E-state index in [1.165, 1.54) is 13.5 Å². The highest BCUT2D eigenvalue weighted by Gasteiger charge is 2.31. The summed E-state index contributed by atoms with van der Waals surface area (Å²) in [5.41, 5.74) is 5.78. The molecule has 1 aliphatic rings. The molecule has 0 saturated heterocycles. The Morgan fingerprint density at radius 2 is 1.94 bits per heavy atom. The van der Waals surface area contributed by atoms with E-state index in [1.54, 1.807) is 0 Å². The predicted octanol–water partition coefficient (Wildman–Crippen LogP) is 0.461. The van der Waals surface area contributed by atoms with Crippen molar-refractivity contribution in [3.8, 4) is 0 Å². The van der Waals surface area contributed by atoms with Crippen LogP contribution in [0.1, 0.15) is 32.1 Å². The molecule has 0 atom stereocenters. The Bertz CT molecular complexity index is 311. The maximum atomic E-state index is 11.7. The highest BCUT2D eigenvalue weighted by Crippen LogP contribution is 2.34. The van der Waals surface area contributed by atoms with Gasteiger partial charge in [-0.15, -0.1) is 0 Å². The predicted molar refractivity (Wildman–Crippen MR) is 68.2 cm³/mol. The van der Waals surface area contributed by atoms with Crippen molar-refractivity contribution in [2.24, 2.45) is 11.1 Å². The van der Waals surface area contributed by atoms with Crippen LogP contribution in [0, 0.1) is 5.41 Å². The van der Waals surface area contributed by atoms with Crippen molar-refractivity contribution < 1.29 is 13.2 Å². The van der Waals surface area contributed by atoms with E-state index in [-0.39, 0.29) is 17.8 Å². The second-order valence-corrected chi connectivity index (χ2v) is 6.82. The summed E-state index contributed by atoms with van der Waals surface area (Å²) >= 11 is 0. The Hall–Kier alpha value is -0.170. The minimum Gasteiger partial charge on any atom is -0.384 e. The molecule has 0 amide bonds. The van der Waals surface area contributed by atoms with Crippen LogP contribution in [0.4, 0.5) is 0 Å². The van der Waals surface area contributed by atoms with Gasteiger partial charge < -0.3 is 10.5 Å². The monoisotopic (exact) mass is 264 g/mol. The zero-order chi connectivity index (χ0) is 12.8. The van der Waals surface area contributed by atoms with Gasteiger partial charge in [-0.2, -0.15) is 0 Å². The fraction of sp³-hybridized carbons (Fsp3) is 1.00. The first-order valence-electron chi connectivity index (χ1n) is 6.20. The van der Waals surface area contributed by atoms with Crippen molar-refractivity contribution >= 4 is 10.0 Å². The minimum absolute atomic E-state index is 0.0180. The molecule has 0 spiro atoms. The van der Waals surface area contributed by atoms with E-state index < -0.39 is 10.0 Å². The molecule has 0 radical (unpaired) electrons. The lowest BCUT2D eigenvalue weighted by molar-refractivity contribution is 0.200. The summed E-state index contributed by atoms with van der Waals surface area (Å²) in [7, 11) is -1.72. The van der Waals surface area contributed by atoms with Crippen LogP contribution in [-0.2, 0) is 14.8 Å².